The molecule has 0 bridgehead atoms. The lowest BCUT2D eigenvalue weighted by molar-refractivity contribution is 0.407. The molecule has 0 saturated carbocycles. The second kappa shape index (κ2) is 2.52. The van der Waals surface area contributed by atoms with Crippen LogP contribution >= 0.6 is 0 Å². The predicted molar refractivity (Wildman–Crippen MR) is 47.9 cm³/mol. The molecule has 3 N–H and O–H groups in total. The third-order valence-corrected chi connectivity index (χ3v) is 1.88. The van der Waals surface area contributed by atoms with Crippen molar-refractivity contribution in [3.63, 3.8) is 0 Å². The van der Waals surface area contributed by atoms with Crippen LogP contribution in [0.15, 0.2) is 29.2 Å². The summed E-state index contributed by atoms with van der Waals surface area (Å²) in [5.74, 6) is -0.537. The Kier molecular flexibility index (Phi) is 1.48. The highest BCUT2D eigenvalue weighted by atomic mass is 16.3. The summed E-state index contributed by atoms with van der Waals surface area (Å²) >= 11 is 0. The van der Waals surface area contributed by atoms with Crippen LogP contribution in [0, 0.1) is 0 Å². The van der Waals surface area contributed by atoms with Gasteiger partial charge in [0.2, 0.25) is 0 Å². The van der Waals surface area contributed by atoms with Crippen molar-refractivity contribution >= 4 is 10.9 Å². The van der Waals surface area contributed by atoms with Crippen LogP contribution in [0.5, 0.6) is 11.5 Å². The molecule has 4 heteroatoms. The topological polar surface area (TPSA) is 73.3 Å². The quantitative estimate of drug-likeness (QED) is 0.524. The summed E-state index contributed by atoms with van der Waals surface area (Å²) in [6.45, 7) is 0. The lowest BCUT2D eigenvalue weighted by Crippen LogP contribution is -1.99. The smallest absolute Gasteiger partial charge is 0.189 e. The number of fused-ring (bicyclic) bond motifs is 1. The van der Waals surface area contributed by atoms with Gasteiger partial charge < -0.3 is 15.2 Å². The summed E-state index contributed by atoms with van der Waals surface area (Å²) in [5.41, 5.74) is 0.0663. The van der Waals surface area contributed by atoms with E-state index in [1.165, 1.54) is 24.4 Å². The largest absolute Gasteiger partial charge is 0.504 e. The first-order valence-electron chi connectivity index (χ1n) is 3.72. The molecule has 4 nitrogen and oxygen atoms in total. The minimum Gasteiger partial charge on any atom is -0.504 e. The van der Waals surface area contributed by atoms with Gasteiger partial charge in [0, 0.05) is 17.6 Å². The van der Waals surface area contributed by atoms with E-state index in [2.05, 4.69) is 4.98 Å². The first-order valence-corrected chi connectivity index (χ1v) is 3.72. The molecule has 0 spiro atoms. The fourth-order valence-corrected chi connectivity index (χ4v) is 1.22. The minimum atomic E-state index is -0.296. The van der Waals surface area contributed by atoms with Gasteiger partial charge in [0.25, 0.3) is 0 Å². The number of H-pyrrole nitrogens is 1. The molecule has 0 amide bonds. The first kappa shape index (κ1) is 7.67. The monoisotopic (exact) mass is 177 g/mol. The van der Waals surface area contributed by atoms with Gasteiger partial charge in [-0.3, -0.25) is 4.79 Å². The van der Waals surface area contributed by atoms with Gasteiger partial charge >= 0.3 is 0 Å². The van der Waals surface area contributed by atoms with Crippen molar-refractivity contribution in [2.75, 3.05) is 0 Å². The van der Waals surface area contributed by atoms with Crippen molar-refractivity contribution in [3.05, 3.63) is 34.6 Å². The number of aromatic amines is 1. The van der Waals surface area contributed by atoms with E-state index in [-0.39, 0.29) is 22.4 Å². The highest BCUT2D eigenvalue weighted by Crippen LogP contribution is 2.29. The van der Waals surface area contributed by atoms with Crippen LogP contribution < -0.4 is 5.43 Å². The average Bonchev–Trinajstić information content (AvgIpc) is 2.12. The molecular formula is C9H7NO3. The van der Waals surface area contributed by atoms with Gasteiger partial charge in [0.1, 0.15) is 0 Å². The highest BCUT2D eigenvalue weighted by Gasteiger charge is 2.06. The van der Waals surface area contributed by atoms with E-state index < -0.39 is 0 Å². The zero-order valence-corrected chi connectivity index (χ0v) is 6.61. The summed E-state index contributed by atoms with van der Waals surface area (Å²) in [4.78, 5) is 13.9. The number of benzene rings is 1. The molecule has 1 heterocycles. The number of aromatic hydroxyl groups is 2. The van der Waals surface area contributed by atoms with Crippen LogP contribution in [0.1, 0.15) is 0 Å². The molecule has 0 radical (unpaired) electrons. The Morgan fingerprint density at radius 2 is 1.92 bits per heavy atom. The van der Waals surface area contributed by atoms with E-state index in [0.717, 1.165) is 0 Å². The van der Waals surface area contributed by atoms with E-state index in [1.54, 1.807) is 0 Å². The fraction of sp³-hybridized carbons (Fsp3) is 0. The first-order chi connectivity index (χ1) is 6.20. The maximum atomic E-state index is 11.2. The number of rotatable bonds is 0. The Labute approximate surface area is 73.1 Å². The lowest BCUT2D eigenvalue weighted by Gasteiger charge is -2.01. The van der Waals surface area contributed by atoms with E-state index in [1.807, 2.05) is 0 Å². The van der Waals surface area contributed by atoms with Crippen molar-refractivity contribution in [2.45, 2.75) is 0 Å². The van der Waals surface area contributed by atoms with Crippen molar-refractivity contribution in [2.24, 2.45) is 0 Å². The second-order valence-corrected chi connectivity index (χ2v) is 2.70. The highest BCUT2D eigenvalue weighted by molar-refractivity contribution is 5.86. The normalized spacial score (nSPS) is 10.5. The number of phenolic OH excluding ortho intramolecular Hbond substituents is 2. The maximum Gasteiger partial charge on any atom is 0.189 e. The van der Waals surface area contributed by atoms with E-state index in [9.17, 15) is 9.90 Å². The maximum absolute atomic E-state index is 11.2. The van der Waals surface area contributed by atoms with Gasteiger partial charge in [-0.05, 0) is 12.1 Å². The number of phenols is 2. The third kappa shape index (κ3) is 1.03. The molecule has 0 aliphatic carbocycles. The molecule has 0 aliphatic heterocycles. The van der Waals surface area contributed by atoms with Gasteiger partial charge in [-0.1, -0.05) is 0 Å². The third-order valence-electron chi connectivity index (χ3n) is 1.88. The van der Waals surface area contributed by atoms with Crippen LogP contribution in [0.3, 0.4) is 0 Å². The molecule has 0 fully saturated rings. The van der Waals surface area contributed by atoms with Crippen molar-refractivity contribution in [1.82, 2.24) is 4.98 Å². The van der Waals surface area contributed by atoms with Crippen LogP contribution in [-0.2, 0) is 0 Å². The van der Waals surface area contributed by atoms with Gasteiger partial charge in [-0.2, -0.15) is 0 Å². The molecule has 66 valence electrons. The summed E-state index contributed by atoms with van der Waals surface area (Å²) in [6.07, 6.45) is 1.42. The summed E-state index contributed by atoms with van der Waals surface area (Å²) in [5, 5.41) is 18.9. The molecule has 0 aliphatic rings. The number of aromatic nitrogens is 1. The molecule has 1 aromatic heterocycles. The van der Waals surface area contributed by atoms with E-state index in [4.69, 9.17) is 5.11 Å². The fourth-order valence-electron chi connectivity index (χ4n) is 1.22. The van der Waals surface area contributed by atoms with Gasteiger partial charge in [0.15, 0.2) is 16.9 Å². The summed E-state index contributed by atoms with van der Waals surface area (Å²) < 4.78 is 0. The Morgan fingerprint density at radius 1 is 1.15 bits per heavy atom. The van der Waals surface area contributed by atoms with Crippen LogP contribution in [0.4, 0.5) is 0 Å². The van der Waals surface area contributed by atoms with Crippen molar-refractivity contribution in [1.29, 1.82) is 0 Å². The molecule has 0 saturated heterocycles. The van der Waals surface area contributed by atoms with Crippen molar-refractivity contribution in [3.8, 4) is 11.5 Å². The lowest BCUT2D eigenvalue weighted by atomic mass is 10.2. The Hall–Kier alpha value is -1.97. The zero-order valence-electron chi connectivity index (χ0n) is 6.61. The Bertz CT molecular complexity index is 516. The summed E-state index contributed by atoms with van der Waals surface area (Å²) in [7, 11) is 0. The van der Waals surface area contributed by atoms with Gasteiger partial charge in [-0.25, -0.2) is 0 Å². The SMILES string of the molecule is O=c1cc[nH]c2c(O)c(O)ccc12. The standard InChI is InChI=1S/C9H7NO3/c11-6-3-4-10-8-5(6)1-2-7(12)9(8)13/h1-4,12-13H,(H,10,11). The average molecular weight is 177 g/mol. The second-order valence-electron chi connectivity index (χ2n) is 2.70. The number of hydrogen-bond donors (Lipinski definition) is 3. The Balaban J connectivity index is 3.03. The predicted octanol–water partition coefficient (Wildman–Crippen LogP) is 0.939. The number of pyridine rings is 1. The number of nitrogens with one attached hydrogen (secondary N) is 1. The molecule has 13 heavy (non-hydrogen) atoms. The molecule has 0 atom stereocenters. The molecular weight excluding hydrogens is 170 g/mol. The summed E-state index contributed by atoms with van der Waals surface area (Å²) in [6, 6.07) is 4.11. The zero-order chi connectivity index (χ0) is 9.42. The molecule has 0 unspecified atom stereocenters. The van der Waals surface area contributed by atoms with Gasteiger partial charge in [-0.15, -0.1) is 0 Å². The number of hydrogen-bond acceptors (Lipinski definition) is 3. The molecule has 2 rings (SSSR count). The van der Waals surface area contributed by atoms with E-state index >= 15 is 0 Å². The molecule has 2 aromatic rings. The minimum absolute atomic E-state index is 0.191. The van der Waals surface area contributed by atoms with Crippen LogP contribution in [-0.4, -0.2) is 15.2 Å². The van der Waals surface area contributed by atoms with Crippen LogP contribution in [0.2, 0.25) is 0 Å². The van der Waals surface area contributed by atoms with Crippen LogP contribution in [0.25, 0.3) is 10.9 Å². The van der Waals surface area contributed by atoms with E-state index in [0.29, 0.717) is 5.39 Å². The Morgan fingerprint density at radius 3 is 2.69 bits per heavy atom. The molecule has 1 aromatic carbocycles. The van der Waals surface area contributed by atoms with Crippen molar-refractivity contribution < 1.29 is 10.2 Å². The van der Waals surface area contributed by atoms with Gasteiger partial charge in [0.05, 0.1) is 5.52 Å².